The van der Waals surface area contributed by atoms with E-state index in [9.17, 15) is 21.6 Å². The van der Waals surface area contributed by atoms with Crippen LogP contribution < -0.4 is 9.46 Å². The Balaban J connectivity index is 0.00000134. The summed E-state index contributed by atoms with van der Waals surface area (Å²) in [6.07, 6.45) is -4.39. The molecule has 0 aliphatic heterocycles. The van der Waals surface area contributed by atoms with Gasteiger partial charge in [-0.25, -0.2) is 13.4 Å². The molecule has 0 amide bonds. The van der Waals surface area contributed by atoms with Crippen LogP contribution in [0, 0.1) is 6.92 Å². The lowest BCUT2D eigenvalue weighted by Crippen LogP contribution is -2.12. The van der Waals surface area contributed by atoms with Crippen LogP contribution in [0.25, 0.3) is 10.6 Å². The maximum atomic E-state index is 12.8. The fourth-order valence-electron chi connectivity index (χ4n) is 3.03. The molecule has 0 saturated carbocycles. The van der Waals surface area contributed by atoms with E-state index in [-0.39, 0.29) is 22.6 Å². The number of rotatable bonds is 8. The van der Waals surface area contributed by atoms with Gasteiger partial charge in [-0.05, 0) is 43.3 Å². The summed E-state index contributed by atoms with van der Waals surface area (Å²) in [6, 6.07) is 10.8. The number of hydrogen-bond donors (Lipinski definition) is 1. The first-order valence-corrected chi connectivity index (χ1v) is 15.8. The first-order valence-electron chi connectivity index (χ1n) is 12.7. The van der Waals surface area contributed by atoms with Crippen molar-refractivity contribution in [2.75, 3.05) is 4.72 Å². The van der Waals surface area contributed by atoms with E-state index < -0.39 is 21.8 Å². The van der Waals surface area contributed by atoms with E-state index in [0.717, 1.165) is 22.0 Å². The van der Waals surface area contributed by atoms with Crippen molar-refractivity contribution in [1.82, 2.24) is 15.2 Å². The number of anilines is 1. The first-order chi connectivity index (χ1) is 18.9. The van der Waals surface area contributed by atoms with Crippen molar-refractivity contribution in [1.29, 1.82) is 0 Å². The highest BCUT2D eigenvalue weighted by Crippen LogP contribution is 2.33. The standard InChI is InChI=1S/C23H21F3N4O3S3.2C2H6/c1-13(2)20-28-29-22(35-20)30-36(31,32)18-10-8-17(9-11-18)33-12-19-14(3)27-21(34-19)15-4-6-16(7-5-15)23(24,25)26;2*1-2/h4-11,13H,12H2,1-3H3,(H,29,30);2*1-2H3. The Morgan fingerprint density at radius 2 is 1.52 bits per heavy atom. The molecule has 0 saturated heterocycles. The summed E-state index contributed by atoms with van der Waals surface area (Å²) in [5, 5.41) is 9.37. The molecule has 7 nitrogen and oxygen atoms in total. The van der Waals surface area contributed by atoms with Gasteiger partial charge in [0.05, 0.1) is 21.0 Å². The molecule has 0 spiro atoms. The SMILES string of the molecule is CC.CC.Cc1nc(-c2ccc(C(F)(F)F)cc2)sc1COc1ccc(S(=O)(=O)Nc2nnc(C(C)C)s2)cc1. The lowest BCUT2D eigenvalue weighted by molar-refractivity contribution is -0.137. The number of hydrogen-bond acceptors (Lipinski definition) is 8. The van der Waals surface area contributed by atoms with E-state index in [0.29, 0.717) is 22.0 Å². The zero-order valence-electron chi connectivity index (χ0n) is 23.3. The molecule has 218 valence electrons. The second-order valence-electron chi connectivity index (χ2n) is 8.07. The van der Waals surface area contributed by atoms with Crippen molar-refractivity contribution in [2.45, 2.75) is 72.1 Å². The fourth-order valence-corrected chi connectivity index (χ4v) is 5.99. The zero-order valence-corrected chi connectivity index (χ0v) is 25.8. The molecular formula is C27H33F3N4O3S3. The Morgan fingerprint density at radius 3 is 2.05 bits per heavy atom. The molecule has 0 atom stereocenters. The zero-order chi connectivity index (χ0) is 30.1. The minimum absolute atomic E-state index is 0.0507. The summed E-state index contributed by atoms with van der Waals surface area (Å²) >= 11 is 2.51. The van der Waals surface area contributed by atoms with Gasteiger partial charge in [0.15, 0.2) is 0 Å². The average molecular weight is 615 g/mol. The number of nitrogens with zero attached hydrogens (tertiary/aromatic N) is 3. The van der Waals surface area contributed by atoms with Gasteiger partial charge >= 0.3 is 6.18 Å². The van der Waals surface area contributed by atoms with Crippen molar-refractivity contribution in [3.63, 3.8) is 0 Å². The molecule has 2 aromatic heterocycles. The third kappa shape index (κ3) is 8.73. The van der Waals surface area contributed by atoms with Crippen LogP contribution >= 0.6 is 22.7 Å². The van der Waals surface area contributed by atoms with Crippen LogP contribution in [0.5, 0.6) is 5.75 Å². The predicted octanol–water partition coefficient (Wildman–Crippen LogP) is 8.54. The number of sulfonamides is 1. The minimum Gasteiger partial charge on any atom is -0.488 e. The average Bonchev–Trinajstić information content (AvgIpc) is 3.56. The predicted molar refractivity (Wildman–Crippen MR) is 156 cm³/mol. The largest absolute Gasteiger partial charge is 0.488 e. The van der Waals surface area contributed by atoms with E-state index in [2.05, 4.69) is 19.9 Å². The van der Waals surface area contributed by atoms with Gasteiger partial charge in [-0.2, -0.15) is 13.2 Å². The van der Waals surface area contributed by atoms with E-state index in [1.807, 2.05) is 41.5 Å². The number of thiazole rings is 1. The Morgan fingerprint density at radius 1 is 0.925 bits per heavy atom. The van der Waals surface area contributed by atoms with Gasteiger partial charge in [0.2, 0.25) is 5.13 Å². The Bertz CT molecular complexity index is 1450. The summed E-state index contributed by atoms with van der Waals surface area (Å²) in [5.41, 5.74) is 0.573. The molecule has 4 rings (SSSR count). The molecule has 1 N–H and O–H groups in total. The number of alkyl halides is 3. The Labute approximate surface area is 241 Å². The lowest BCUT2D eigenvalue weighted by Gasteiger charge is -2.08. The van der Waals surface area contributed by atoms with Crippen LogP contribution in [0.15, 0.2) is 53.4 Å². The molecule has 0 aliphatic rings. The maximum Gasteiger partial charge on any atom is 0.416 e. The summed E-state index contributed by atoms with van der Waals surface area (Å²) in [7, 11) is -3.83. The van der Waals surface area contributed by atoms with Crippen LogP contribution in [-0.4, -0.2) is 23.6 Å². The van der Waals surface area contributed by atoms with Gasteiger partial charge < -0.3 is 4.74 Å². The molecule has 13 heteroatoms. The van der Waals surface area contributed by atoms with Crippen LogP contribution in [-0.2, 0) is 22.8 Å². The lowest BCUT2D eigenvalue weighted by atomic mass is 10.1. The van der Waals surface area contributed by atoms with Gasteiger partial charge in [-0.15, -0.1) is 21.5 Å². The quantitative estimate of drug-likeness (QED) is 0.214. The third-order valence-corrected chi connectivity index (χ3v) is 8.82. The van der Waals surface area contributed by atoms with Crippen LogP contribution in [0.1, 0.15) is 68.6 Å². The summed E-state index contributed by atoms with van der Waals surface area (Å²) in [5.74, 6) is 0.598. The molecule has 0 unspecified atom stereocenters. The van der Waals surface area contributed by atoms with Crippen molar-refractivity contribution in [3.8, 4) is 16.3 Å². The molecule has 0 fully saturated rings. The molecule has 0 bridgehead atoms. The van der Waals surface area contributed by atoms with Crippen molar-refractivity contribution < 1.29 is 26.3 Å². The van der Waals surface area contributed by atoms with Gasteiger partial charge in [0, 0.05) is 11.5 Å². The third-order valence-electron chi connectivity index (χ3n) is 5.01. The molecule has 0 aliphatic carbocycles. The van der Waals surface area contributed by atoms with Gasteiger partial charge in [0.25, 0.3) is 10.0 Å². The number of aromatic nitrogens is 3. The molecule has 40 heavy (non-hydrogen) atoms. The van der Waals surface area contributed by atoms with E-state index >= 15 is 0 Å². The summed E-state index contributed by atoms with van der Waals surface area (Å²) in [4.78, 5) is 5.30. The molecular weight excluding hydrogens is 582 g/mol. The van der Waals surface area contributed by atoms with E-state index in [4.69, 9.17) is 4.74 Å². The topological polar surface area (TPSA) is 94.1 Å². The highest BCUT2D eigenvalue weighted by atomic mass is 32.2. The summed E-state index contributed by atoms with van der Waals surface area (Å²) in [6.45, 7) is 13.9. The number of nitrogens with one attached hydrogen (secondary N) is 1. The Hall–Kier alpha value is -3.03. The first kappa shape index (κ1) is 33.2. The maximum absolute atomic E-state index is 12.8. The van der Waals surface area contributed by atoms with Crippen LogP contribution in [0.4, 0.5) is 18.3 Å². The normalized spacial score (nSPS) is 11.3. The number of ether oxygens (including phenoxy) is 1. The highest BCUT2D eigenvalue weighted by molar-refractivity contribution is 7.93. The van der Waals surface area contributed by atoms with Gasteiger partial charge in [-0.1, -0.05) is 65.0 Å². The molecule has 4 aromatic rings. The number of benzene rings is 2. The van der Waals surface area contributed by atoms with E-state index in [1.165, 1.54) is 46.9 Å². The second kappa shape index (κ2) is 14.6. The smallest absolute Gasteiger partial charge is 0.416 e. The minimum atomic E-state index is -4.39. The fraction of sp³-hybridized carbons (Fsp3) is 0.370. The summed E-state index contributed by atoms with van der Waals surface area (Å²) < 4.78 is 71.9. The molecule has 2 heterocycles. The highest BCUT2D eigenvalue weighted by Gasteiger charge is 2.30. The van der Waals surface area contributed by atoms with Crippen LogP contribution in [0.3, 0.4) is 0 Å². The monoisotopic (exact) mass is 614 g/mol. The number of halogens is 3. The number of aryl methyl sites for hydroxylation is 1. The van der Waals surface area contributed by atoms with Crippen molar-refractivity contribution in [2.24, 2.45) is 0 Å². The molecule has 0 radical (unpaired) electrons. The second-order valence-corrected chi connectivity index (χ2v) is 11.8. The van der Waals surface area contributed by atoms with E-state index in [1.54, 1.807) is 19.1 Å². The van der Waals surface area contributed by atoms with Crippen molar-refractivity contribution in [3.05, 3.63) is 69.7 Å². The Kier molecular flexibility index (Phi) is 12.1. The van der Waals surface area contributed by atoms with Gasteiger partial charge in [0.1, 0.15) is 22.4 Å². The van der Waals surface area contributed by atoms with Gasteiger partial charge in [-0.3, -0.25) is 4.72 Å². The van der Waals surface area contributed by atoms with Crippen LogP contribution in [0.2, 0.25) is 0 Å². The molecule has 2 aromatic carbocycles. The van der Waals surface area contributed by atoms with Crippen molar-refractivity contribution >= 4 is 37.8 Å².